The van der Waals surface area contributed by atoms with Crippen LogP contribution in [0.4, 0.5) is 0 Å². The van der Waals surface area contributed by atoms with E-state index < -0.39 is 0 Å². The summed E-state index contributed by atoms with van der Waals surface area (Å²) in [4.78, 5) is 12.5. The highest BCUT2D eigenvalue weighted by molar-refractivity contribution is 6.30. The maximum absolute atomic E-state index is 12.5. The Morgan fingerprint density at radius 2 is 2.00 bits per heavy atom. The van der Waals surface area contributed by atoms with Crippen LogP contribution in [-0.4, -0.2) is 13.1 Å². The molecule has 0 saturated heterocycles. The molecule has 0 aromatic heterocycles. The first kappa shape index (κ1) is 15.9. The number of rotatable bonds is 4. The minimum Gasteiger partial charge on any atom is -0.469 e. The third-order valence-corrected chi connectivity index (χ3v) is 6.12. The van der Waals surface area contributed by atoms with Crippen molar-refractivity contribution < 1.29 is 9.53 Å². The van der Waals surface area contributed by atoms with Crippen molar-refractivity contribution in [3.05, 3.63) is 34.9 Å². The van der Waals surface area contributed by atoms with E-state index in [0.29, 0.717) is 11.8 Å². The lowest BCUT2D eigenvalue weighted by atomic mass is 9.63. The van der Waals surface area contributed by atoms with E-state index in [1.807, 2.05) is 12.1 Å². The maximum atomic E-state index is 12.5. The number of hydrogen-bond acceptors (Lipinski definition) is 2. The summed E-state index contributed by atoms with van der Waals surface area (Å²) in [7, 11) is 1.52. The molecule has 2 saturated carbocycles. The molecule has 1 aromatic carbocycles. The van der Waals surface area contributed by atoms with Crippen molar-refractivity contribution >= 4 is 17.6 Å². The summed E-state index contributed by atoms with van der Waals surface area (Å²) in [6.07, 6.45) is 6.02. The van der Waals surface area contributed by atoms with E-state index in [-0.39, 0.29) is 17.8 Å². The SMILES string of the molecule is CCCC1C2CCC1C(C(=O)OC)C(c1ccc(Cl)cc1)C2. The van der Waals surface area contributed by atoms with Crippen LogP contribution in [0.3, 0.4) is 0 Å². The number of hydrogen-bond donors (Lipinski definition) is 0. The van der Waals surface area contributed by atoms with Crippen LogP contribution in [0.1, 0.15) is 50.5 Å². The summed E-state index contributed by atoms with van der Waals surface area (Å²) in [6.45, 7) is 2.25. The molecule has 0 N–H and O–H groups in total. The molecule has 2 fully saturated rings. The van der Waals surface area contributed by atoms with E-state index in [0.717, 1.165) is 17.4 Å². The van der Waals surface area contributed by atoms with Crippen LogP contribution < -0.4 is 0 Å². The van der Waals surface area contributed by atoms with Crippen LogP contribution in [0.25, 0.3) is 0 Å². The Balaban J connectivity index is 1.92. The molecule has 2 aliphatic rings. The topological polar surface area (TPSA) is 26.3 Å². The predicted molar refractivity (Wildman–Crippen MR) is 88.9 cm³/mol. The molecule has 0 spiro atoms. The predicted octanol–water partition coefficient (Wildman–Crippen LogP) is 5.06. The normalized spacial score (nSPS) is 33.7. The van der Waals surface area contributed by atoms with E-state index in [4.69, 9.17) is 16.3 Å². The standard InChI is InChI=1S/C19H25ClO2/c1-3-4-15-13-7-10-16(15)18(19(21)22-2)17(11-13)12-5-8-14(20)9-6-12/h5-6,8-9,13,15-18H,3-4,7,10-11H2,1-2H3. The van der Waals surface area contributed by atoms with Crippen molar-refractivity contribution in [2.75, 3.05) is 7.11 Å². The summed E-state index contributed by atoms with van der Waals surface area (Å²) in [5.74, 6) is 2.25. The molecule has 1 aromatic rings. The van der Waals surface area contributed by atoms with Gasteiger partial charge in [-0.2, -0.15) is 0 Å². The Hall–Kier alpha value is -1.02. The lowest BCUT2D eigenvalue weighted by Crippen LogP contribution is -2.39. The van der Waals surface area contributed by atoms with Crippen molar-refractivity contribution in [1.29, 1.82) is 0 Å². The van der Waals surface area contributed by atoms with Gasteiger partial charge in [0, 0.05) is 5.02 Å². The molecule has 2 nitrogen and oxygen atoms in total. The van der Waals surface area contributed by atoms with Gasteiger partial charge in [-0.1, -0.05) is 43.5 Å². The van der Waals surface area contributed by atoms with Crippen molar-refractivity contribution in [2.24, 2.45) is 23.7 Å². The van der Waals surface area contributed by atoms with Crippen molar-refractivity contribution in [3.63, 3.8) is 0 Å². The van der Waals surface area contributed by atoms with Gasteiger partial charge < -0.3 is 4.74 Å². The lowest BCUT2D eigenvalue weighted by molar-refractivity contribution is -0.150. The van der Waals surface area contributed by atoms with Gasteiger partial charge >= 0.3 is 5.97 Å². The molecule has 3 rings (SSSR count). The maximum Gasteiger partial charge on any atom is 0.309 e. The Kier molecular flexibility index (Phi) is 4.77. The fourth-order valence-electron chi connectivity index (χ4n) is 5.01. The van der Waals surface area contributed by atoms with Gasteiger partial charge in [0.1, 0.15) is 0 Å². The van der Waals surface area contributed by atoms with E-state index in [1.54, 1.807) is 0 Å². The van der Waals surface area contributed by atoms with Gasteiger partial charge in [0.2, 0.25) is 0 Å². The monoisotopic (exact) mass is 320 g/mol. The molecular weight excluding hydrogens is 296 g/mol. The molecule has 0 aliphatic heterocycles. The lowest BCUT2D eigenvalue weighted by Gasteiger charge is -2.41. The highest BCUT2D eigenvalue weighted by Gasteiger charge is 2.51. The smallest absolute Gasteiger partial charge is 0.309 e. The fourth-order valence-corrected chi connectivity index (χ4v) is 5.13. The third kappa shape index (κ3) is 2.78. The van der Waals surface area contributed by atoms with Crippen molar-refractivity contribution in [3.8, 4) is 0 Å². The van der Waals surface area contributed by atoms with Gasteiger partial charge in [0.25, 0.3) is 0 Å². The number of fused-ring (bicyclic) bond motifs is 2. The zero-order chi connectivity index (χ0) is 15.7. The Morgan fingerprint density at radius 3 is 2.64 bits per heavy atom. The van der Waals surface area contributed by atoms with Gasteiger partial charge in [-0.25, -0.2) is 0 Å². The first-order valence-corrected chi connectivity index (χ1v) is 8.86. The van der Waals surface area contributed by atoms with Crippen LogP contribution in [0.15, 0.2) is 24.3 Å². The quantitative estimate of drug-likeness (QED) is 0.725. The second-order valence-corrected chi connectivity index (χ2v) is 7.33. The fraction of sp³-hybridized carbons (Fsp3) is 0.632. The van der Waals surface area contributed by atoms with Crippen molar-refractivity contribution in [2.45, 2.75) is 44.9 Å². The number of carbonyl (C=O) groups is 1. The van der Waals surface area contributed by atoms with Crippen LogP contribution in [0, 0.1) is 23.7 Å². The third-order valence-electron chi connectivity index (χ3n) is 5.87. The average Bonchev–Trinajstić information content (AvgIpc) is 2.80. The van der Waals surface area contributed by atoms with Gasteiger partial charge in [-0.15, -0.1) is 0 Å². The summed E-state index contributed by atoms with van der Waals surface area (Å²) in [5.41, 5.74) is 1.24. The van der Waals surface area contributed by atoms with E-state index in [2.05, 4.69) is 19.1 Å². The first-order chi connectivity index (χ1) is 10.7. The highest BCUT2D eigenvalue weighted by atomic mass is 35.5. The molecule has 5 atom stereocenters. The summed E-state index contributed by atoms with van der Waals surface area (Å²) in [5, 5.41) is 0.751. The molecular formula is C19H25ClO2. The molecule has 0 radical (unpaired) electrons. The van der Waals surface area contributed by atoms with Crippen LogP contribution in [0.2, 0.25) is 5.02 Å². The molecule has 0 amide bonds. The number of halogens is 1. The van der Waals surface area contributed by atoms with E-state index in [1.165, 1.54) is 38.4 Å². The van der Waals surface area contributed by atoms with Gasteiger partial charge in [0.05, 0.1) is 13.0 Å². The Morgan fingerprint density at radius 1 is 1.27 bits per heavy atom. The average molecular weight is 321 g/mol. The minimum absolute atomic E-state index is 0.0153. The first-order valence-electron chi connectivity index (χ1n) is 8.49. The summed E-state index contributed by atoms with van der Waals surface area (Å²) < 4.78 is 5.18. The van der Waals surface area contributed by atoms with Crippen LogP contribution in [-0.2, 0) is 9.53 Å². The van der Waals surface area contributed by atoms with E-state index in [9.17, 15) is 4.79 Å². The number of ether oxygens (including phenoxy) is 1. The largest absolute Gasteiger partial charge is 0.469 e. The molecule has 2 bridgehead atoms. The summed E-state index contributed by atoms with van der Waals surface area (Å²) >= 11 is 6.02. The molecule has 2 aliphatic carbocycles. The van der Waals surface area contributed by atoms with Gasteiger partial charge in [0.15, 0.2) is 0 Å². The second-order valence-electron chi connectivity index (χ2n) is 6.90. The molecule has 120 valence electrons. The van der Waals surface area contributed by atoms with Crippen LogP contribution in [0.5, 0.6) is 0 Å². The number of esters is 1. The molecule has 5 unspecified atom stereocenters. The molecule has 22 heavy (non-hydrogen) atoms. The van der Waals surface area contributed by atoms with Gasteiger partial charge in [-0.3, -0.25) is 4.79 Å². The Bertz CT molecular complexity index is 525. The second kappa shape index (κ2) is 6.62. The zero-order valence-electron chi connectivity index (χ0n) is 13.4. The number of benzene rings is 1. The molecule has 3 heteroatoms. The molecule has 0 heterocycles. The van der Waals surface area contributed by atoms with Crippen LogP contribution >= 0.6 is 11.6 Å². The minimum atomic E-state index is -0.0218. The Labute approximate surface area is 138 Å². The zero-order valence-corrected chi connectivity index (χ0v) is 14.2. The van der Waals surface area contributed by atoms with E-state index >= 15 is 0 Å². The van der Waals surface area contributed by atoms with Gasteiger partial charge in [-0.05, 0) is 60.6 Å². The summed E-state index contributed by atoms with van der Waals surface area (Å²) in [6, 6.07) is 8.04. The highest BCUT2D eigenvalue weighted by Crippen LogP contribution is 2.56. The number of carbonyl (C=O) groups excluding carboxylic acids is 1. The number of methoxy groups -OCH3 is 1. The van der Waals surface area contributed by atoms with Crippen molar-refractivity contribution in [1.82, 2.24) is 0 Å².